The van der Waals surface area contributed by atoms with Crippen LogP contribution in [0.15, 0.2) is 23.8 Å². The number of carbonyl (C=O) groups is 4. The number of benzene rings is 1. The molecule has 120 valence electrons. The molecule has 1 heterocycles. The lowest BCUT2D eigenvalue weighted by atomic mass is 10.1. The van der Waals surface area contributed by atoms with Gasteiger partial charge in [-0.15, -0.1) is 0 Å². The lowest BCUT2D eigenvalue weighted by molar-refractivity contribution is -0.134. The fourth-order valence-corrected chi connectivity index (χ4v) is 1.83. The van der Waals surface area contributed by atoms with Gasteiger partial charge in [0, 0.05) is 6.42 Å². The third kappa shape index (κ3) is 3.73. The average Bonchev–Trinajstić information content (AvgIpc) is 2.51. The first kappa shape index (κ1) is 16.2. The van der Waals surface area contributed by atoms with Crippen molar-refractivity contribution in [3.05, 3.63) is 29.3 Å². The Morgan fingerprint density at radius 3 is 2.35 bits per heavy atom. The van der Waals surface area contributed by atoms with E-state index in [1.165, 1.54) is 25.3 Å². The van der Waals surface area contributed by atoms with Crippen molar-refractivity contribution >= 4 is 29.9 Å². The van der Waals surface area contributed by atoms with Gasteiger partial charge in [-0.25, -0.2) is 4.79 Å². The molecule has 0 saturated carbocycles. The second-order valence-electron chi connectivity index (χ2n) is 4.53. The second kappa shape index (κ2) is 6.73. The standard InChI is InChI=1S/C15H14N2O6/c1-3-12(18)23-10-5-4-8(7-11(10)22-2)6-9-13(19)16-15(21)17-14(9)20/h4-7H,3H2,1-2H3,(H2,16,17,19,20,21). The molecule has 0 radical (unpaired) electrons. The van der Waals surface area contributed by atoms with E-state index in [0.29, 0.717) is 5.56 Å². The van der Waals surface area contributed by atoms with Gasteiger partial charge >= 0.3 is 12.0 Å². The molecule has 0 unspecified atom stereocenters. The Morgan fingerprint density at radius 2 is 1.78 bits per heavy atom. The van der Waals surface area contributed by atoms with Crippen molar-refractivity contribution in [1.82, 2.24) is 10.6 Å². The van der Waals surface area contributed by atoms with Gasteiger partial charge in [0.15, 0.2) is 11.5 Å². The van der Waals surface area contributed by atoms with E-state index >= 15 is 0 Å². The van der Waals surface area contributed by atoms with Gasteiger partial charge in [0.1, 0.15) is 5.57 Å². The van der Waals surface area contributed by atoms with Gasteiger partial charge in [0.05, 0.1) is 7.11 Å². The van der Waals surface area contributed by atoms with E-state index in [4.69, 9.17) is 9.47 Å². The molecular formula is C15H14N2O6. The maximum absolute atomic E-state index is 11.7. The summed E-state index contributed by atoms with van der Waals surface area (Å²) in [4.78, 5) is 45.7. The summed E-state index contributed by atoms with van der Waals surface area (Å²) in [5.41, 5.74) is 0.248. The number of barbiturate groups is 1. The number of hydrogen-bond donors (Lipinski definition) is 2. The summed E-state index contributed by atoms with van der Waals surface area (Å²) in [6.07, 6.45) is 1.51. The van der Waals surface area contributed by atoms with E-state index in [-0.39, 0.29) is 23.5 Å². The monoisotopic (exact) mass is 318 g/mol. The van der Waals surface area contributed by atoms with E-state index < -0.39 is 23.8 Å². The fraction of sp³-hybridized carbons (Fsp3) is 0.200. The highest BCUT2D eigenvalue weighted by Crippen LogP contribution is 2.29. The van der Waals surface area contributed by atoms with Crippen molar-refractivity contribution in [2.45, 2.75) is 13.3 Å². The van der Waals surface area contributed by atoms with Crippen molar-refractivity contribution in [2.75, 3.05) is 7.11 Å². The van der Waals surface area contributed by atoms with E-state index in [2.05, 4.69) is 0 Å². The molecule has 1 aliphatic rings. The zero-order valence-electron chi connectivity index (χ0n) is 12.5. The molecule has 1 aromatic rings. The van der Waals surface area contributed by atoms with Gasteiger partial charge in [-0.05, 0) is 23.8 Å². The van der Waals surface area contributed by atoms with Crippen LogP contribution in [0, 0.1) is 0 Å². The van der Waals surface area contributed by atoms with Crippen molar-refractivity contribution in [3.8, 4) is 11.5 Å². The van der Waals surface area contributed by atoms with Crippen LogP contribution in [0.3, 0.4) is 0 Å². The lowest BCUT2D eigenvalue weighted by Gasteiger charge is -2.14. The maximum Gasteiger partial charge on any atom is 0.328 e. The highest BCUT2D eigenvalue weighted by atomic mass is 16.6. The highest BCUT2D eigenvalue weighted by molar-refractivity contribution is 6.31. The van der Waals surface area contributed by atoms with E-state index in [1.54, 1.807) is 13.0 Å². The van der Waals surface area contributed by atoms with Gasteiger partial charge in [-0.2, -0.15) is 0 Å². The Bertz CT molecular complexity index is 701. The number of methoxy groups -OCH3 is 1. The Balaban J connectivity index is 2.32. The molecule has 0 atom stereocenters. The van der Waals surface area contributed by atoms with Gasteiger partial charge in [-0.1, -0.05) is 13.0 Å². The summed E-state index contributed by atoms with van der Waals surface area (Å²) >= 11 is 0. The molecule has 1 saturated heterocycles. The molecule has 1 fully saturated rings. The predicted octanol–water partition coefficient (Wildman–Crippen LogP) is 0.760. The van der Waals surface area contributed by atoms with Crippen molar-refractivity contribution < 1.29 is 28.7 Å². The summed E-state index contributed by atoms with van der Waals surface area (Å²) in [5, 5.41) is 3.95. The van der Waals surface area contributed by atoms with E-state index in [1.807, 2.05) is 10.6 Å². The van der Waals surface area contributed by atoms with Crippen LogP contribution in [0.5, 0.6) is 11.5 Å². The summed E-state index contributed by atoms with van der Waals surface area (Å²) < 4.78 is 10.2. The Labute approximate surface area is 131 Å². The predicted molar refractivity (Wildman–Crippen MR) is 78.6 cm³/mol. The molecule has 1 aromatic carbocycles. The van der Waals surface area contributed by atoms with Crippen molar-refractivity contribution in [3.63, 3.8) is 0 Å². The first-order chi connectivity index (χ1) is 10.9. The third-order valence-corrected chi connectivity index (χ3v) is 2.95. The number of amides is 4. The minimum absolute atomic E-state index is 0.212. The third-order valence-electron chi connectivity index (χ3n) is 2.95. The summed E-state index contributed by atoms with van der Waals surface area (Å²) in [5.74, 6) is -1.50. The molecule has 0 bridgehead atoms. The first-order valence-electron chi connectivity index (χ1n) is 6.71. The second-order valence-corrected chi connectivity index (χ2v) is 4.53. The number of hydrogen-bond acceptors (Lipinski definition) is 6. The topological polar surface area (TPSA) is 111 Å². The summed E-state index contributed by atoms with van der Waals surface area (Å²) in [6.45, 7) is 1.66. The summed E-state index contributed by atoms with van der Waals surface area (Å²) in [6, 6.07) is 3.67. The summed E-state index contributed by atoms with van der Waals surface area (Å²) in [7, 11) is 1.40. The molecule has 23 heavy (non-hydrogen) atoms. The smallest absolute Gasteiger partial charge is 0.328 e. The molecule has 0 aromatic heterocycles. The average molecular weight is 318 g/mol. The molecule has 8 nitrogen and oxygen atoms in total. The van der Waals surface area contributed by atoms with Gasteiger partial charge < -0.3 is 9.47 Å². The van der Waals surface area contributed by atoms with Gasteiger partial charge in [0.25, 0.3) is 11.8 Å². The minimum Gasteiger partial charge on any atom is -0.493 e. The maximum atomic E-state index is 11.7. The largest absolute Gasteiger partial charge is 0.493 e. The number of urea groups is 1. The van der Waals surface area contributed by atoms with Crippen LogP contribution in [0.25, 0.3) is 6.08 Å². The number of carbonyl (C=O) groups excluding carboxylic acids is 4. The highest BCUT2D eigenvalue weighted by Gasteiger charge is 2.27. The SMILES string of the molecule is CCC(=O)Oc1ccc(C=C2C(=O)NC(=O)NC2=O)cc1OC. The van der Waals surface area contributed by atoms with Crippen LogP contribution in [0.2, 0.25) is 0 Å². The Morgan fingerprint density at radius 1 is 1.13 bits per heavy atom. The molecule has 0 spiro atoms. The molecule has 4 amide bonds. The number of esters is 1. The number of ether oxygens (including phenoxy) is 2. The van der Waals surface area contributed by atoms with Crippen LogP contribution in [0.1, 0.15) is 18.9 Å². The Hall–Kier alpha value is -3.16. The number of nitrogens with one attached hydrogen (secondary N) is 2. The zero-order valence-corrected chi connectivity index (χ0v) is 12.5. The van der Waals surface area contributed by atoms with Crippen LogP contribution >= 0.6 is 0 Å². The van der Waals surface area contributed by atoms with Crippen LogP contribution < -0.4 is 20.1 Å². The molecule has 2 rings (SSSR count). The van der Waals surface area contributed by atoms with Crippen molar-refractivity contribution in [1.29, 1.82) is 0 Å². The normalized spacial score (nSPS) is 14.0. The molecule has 8 heteroatoms. The van der Waals surface area contributed by atoms with Gasteiger partial charge in [0.2, 0.25) is 0 Å². The Kier molecular flexibility index (Phi) is 4.75. The van der Waals surface area contributed by atoms with Crippen LogP contribution in [-0.4, -0.2) is 30.9 Å². The minimum atomic E-state index is -0.864. The number of imide groups is 2. The van der Waals surface area contributed by atoms with Crippen LogP contribution in [0.4, 0.5) is 4.79 Å². The van der Waals surface area contributed by atoms with Crippen LogP contribution in [-0.2, 0) is 14.4 Å². The lowest BCUT2D eigenvalue weighted by Crippen LogP contribution is -2.51. The molecular weight excluding hydrogens is 304 g/mol. The molecule has 2 N–H and O–H groups in total. The fourth-order valence-electron chi connectivity index (χ4n) is 1.83. The van der Waals surface area contributed by atoms with Gasteiger partial charge in [-0.3, -0.25) is 25.0 Å². The molecule has 0 aliphatic carbocycles. The van der Waals surface area contributed by atoms with E-state index in [0.717, 1.165) is 0 Å². The van der Waals surface area contributed by atoms with E-state index in [9.17, 15) is 19.2 Å². The molecule has 1 aliphatic heterocycles. The zero-order chi connectivity index (χ0) is 17.0. The quantitative estimate of drug-likeness (QED) is 0.367. The van der Waals surface area contributed by atoms with Crippen molar-refractivity contribution in [2.24, 2.45) is 0 Å². The number of rotatable bonds is 4. The first-order valence-corrected chi connectivity index (χ1v) is 6.71.